The van der Waals surface area contributed by atoms with Crippen LogP contribution in [0.1, 0.15) is 17.1 Å². The number of aromatic nitrogens is 3. The van der Waals surface area contributed by atoms with Gasteiger partial charge in [-0.05, 0) is 36.4 Å². The zero-order chi connectivity index (χ0) is 23.9. The number of nitrogens with two attached hydrogens (primary N) is 2. The van der Waals surface area contributed by atoms with Crippen LogP contribution in [0.3, 0.4) is 0 Å². The largest absolute Gasteiger partial charge is 2.00 e. The van der Waals surface area contributed by atoms with Crippen LogP contribution in [0.25, 0.3) is 0 Å². The van der Waals surface area contributed by atoms with E-state index in [0.717, 1.165) is 17.1 Å². The first-order chi connectivity index (χ1) is 15.2. The Morgan fingerprint density at radius 3 is 1.45 bits per heavy atom. The Balaban J connectivity index is 0.000000991. The van der Waals surface area contributed by atoms with Gasteiger partial charge in [-0.2, -0.15) is 0 Å². The molecule has 14 nitrogen and oxygen atoms in total. The van der Waals surface area contributed by atoms with Gasteiger partial charge in [-0.15, -0.1) is 0 Å². The van der Waals surface area contributed by atoms with E-state index in [9.17, 15) is 0 Å². The summed E-state index contributed by atoms with van der Waals surface area (Å²) in [5, 5.41) is 29.5. The van der Waals surface area contributed by atoms with Crippen molar-refractivity contribution in [2.24, 2.45) is 0 Å². The second kappa shape index (κ2) is 15.8. The average Bonchev–Trinajstić information content (AvgIpc) is 2.68. The Kier molecular flexibility index (Phi) is 13.9. The Labute approximate surface area is 200 Å². The summed E-state index contributed by atoms with van der Waals surface area (Å²) in [6.07, 6.45) is 1.80. The molecule has 0 bridgehead atoms. The van der Waals surface area contributed by atoms with E-state index in [1.807, 2.05) is 42.5 Å². The van der Waals surface area contributed by atoms with Crippen molar-refractivity contribution < 1.29 is 29.7 Å². The first kappa shape index (κ1) is 29.0. The number of nitrogens with zero attached hydrogens (tertiary/aromatic N) is 6. The molecule has 3 aromatic heterocycles. The standard InChI is InChI=1S/C18H20N6.2NO3.Zn/c19-17-8-3-6-15(22-17)12-24(11-14-5-1-2-10-21-14)13-16-7-4-9-18(20)23-16;2*2-1(3)4;/h1-10H,11-13H2,(H2,19,22)(H2,20,23);;;/q;2*-1;+2. The summed E-state index contributed by atoms with van der Waals surface area (Å²) in [6, 6.07) is 17.2. The molecule has 15 heteroatoms. The fourth-order valence-corrected chi connectivity index (χ4v) is 2.52. The van der Waals surface area contributed by atoms with Crippen molar-refractivity contribution in [3.05, 3.63) is 109 Å². The van der Waals surface area contributed by atoms with Crippen LogP contribution in [-0.4, -0.2) is 30.0 Å². The van der Waals surface area contributed by atoms with Crippen molar-refractivity contribution in [3.63, 3.8) is 0 Å². The van der Waals surface area contributed by atoms with Crippen LogP contribution in [0.4, 0.5) is 11.6 Å². The molecule has 170 valence electrons. The Bertz CT molecular complexity index is 931. The Morgan fingerprint density at radius 2 is 1.09 bits per heavy atom. The molecule has 0 fully saturated rings. The molecule has 0 spiro atoms. The van der Waals surface area contributed by atoms with E-state index in [1.165, 1.54) is 0 Å². The quantitative estimate of drug-likeness (QED) is 0.275. The van der Waals surface area contributed by atoms with Gasteiger partial charge in [-0.3, -0.25) is 9.88 Å². The van der Waals surface area contributed by atoms with Crippen LogP contribution < -0.4 is 11.5 Å². The summed E-state index contributed by atoms with van der Waals surface area (Å²) in [7, 11) is 0. The first-order valence-electron chi connectivity index (χ1n) is 8.84. The van der Waals surface area contributed by atoms with Crippen molar-refractivity contribution in [1.82, 2.24) is 19.9 Å². The first-order valence-corrected chi connectivity index (χ1v) is 8.84. The summed E-state index contributed by atoms with van der Waals surface area (Å²) >= 11 is 0. The molecule has 0 unspecified atom stereocenters. The van der Waals surface area contributed by atoms with Crippen LogP contribution >= 0.6 is 0 Å². The second-order valence-electron chi connectivity index (χ2n) is 6.02. The summed E-state index contributed by atoms with van der Waals surface area (Å²) in [5.74, 6) is 1.04. The van der Waals surface area contributed by atoms with E-state index < -0.39 is 10.2 Å². The van der Waals surface area contributed by atoms with E-state index in [4.69, 9.17) is 42.1 Å². The summed E-state index contributed by atoms with van der Waals surface area (Å²) in [5.41, 5.74) is 14.4. The van der Waals surface area contributed by atoms with E-state index in [0.29, 0.717) is 31.3 Å². The maximum Gasteiger partial charge on any atom is 2.00 e. The van der Waals surface area contributed by atoms with E-state index in [2.05, 4.69) is 19.9 Å². The van der Waals surface area contributed by atoms with Crippen LogP contribution in [0.2, 0.25) is 0 Å². The van der Waals surface area contributed by atoms with Crippen molar-refractivity contribution in [2.45, 2.75) is 19.6 Å². The number of rotatable bonds is 6. The van der Waals surface area contributed by atoms with Gasteiger partial charge in [0.25, 0.3) is 0 Å². The SMILES string of the molecule is Nc1cccc(CN(Cc2ccccn2)Cc2cccc(N)n2)n1.O=[N+]([O-])[O-].O=[N+]([O-])[O-].[Zn+2]. The van der Waals surface area contributed by atoms with Crippen LogP contribution in [-0.2, 0) is 39.1 Å². The zero-order valence-electron chi connectivity index (χ0n) is 17.4. The molecule has 3 rings (SSSR count). The molecule has 0 aliphatic rings. The van der Waals surface area contributed by atoms with Gasteiger partial charge in [0.05, 0.1) is 27.3 Å². The third-order valence-corrected chi connectivity index (χ3v) is 3.54. The molecule has 0 atom stereocenters. The molecular formula is C18H20N8O6Zn. The van der Waals surface area contributed by atoms with Crippen molar-refractivity contribution >= 4 is 11.6 Å². The monoisotopic (exact) mass is 508 g/mol. The molecule has 0 aliphatic carbocycles. The molecule has 0 amide bonds. The van der Waals surface area contributed by atoms with Gasteiger partial charge in [-0.25, -0.2) is 9.97 Å². The minimum atomic E-state index is -1.75. The zero-order valence-corrected chi connectivity index (χ0v) is 20.4. The normalized spacial score (nSPS) is 9.36. The van der Waals surface area contributed by atoms with E-state index in [1.54, 1.807) is 18.3 Å². The van der Waals surface area contributed by atoms with Gasteiger partial charge in [0.15, 0.2) is 0 Å². The fraction of sp³-hybridized carbons (Fsp3) is 0.167. The number of anilines is 2. The number of hydrogen-bond donors (Lipinski definition) is 2. The molecule has 3 heterocycles. The molecule has 0 aromatic carbocycles. The van der Waals surface area contributed by atoms with Gasteiger partial charge >= 0.3 is 19.5 Å². The smallest absolute Gasteiger partial charge is 0.384 e. The topological polar surface area (TPSA) is 226 Å². The molecule has 3 aromatic rings. The maximum absolute atomic E-state index is 8.25. The summed E-state index contributed by atoms with van der Waals surface area (Å²) in [6.45, 7) is 1.99. The molecule has 0 radical (unpaired) electrons. The van der Waals surface area contributed by atoms with Crippen LogP contribution in [0, 0.1) is 30.6 Å². The van der Waals surface area contributed by atoms with Crippen LogP contribution in [0.5, 0.6) is 0 Å². The Hall–Kier alpha value is -3.97. The minimum Gasteiger partial charge on any atom is -0.384 e. The fourth-order valence-electron chi connectivity index (χ4n) is 2.52. The average molecular weight is 510 g/mol. The summed E-state index contributed by atoms with van der Waals surface area (Å²) < 4.78 is 0. The van der Waals surface area contributed by atoms with Gasteiger partial charge in [-0.1, -0.05) is 18.2 Å². The molecular weight excluding hydrogens is 490 g/mol. The van der Waals surface area contributed by atoms with Gasteiger partial charge in [0.2, 0.25) is 0 Å². The van der Waals surface area contributed by atoms with Gasteiger partial charge < -0.3 is 42.1 Å². The molecule has 0 saturated heterocycles. The third-order valence-electron chi connectivity index (χ3n) is 3.54. The molecule has 0 saturated carbocycles. The Morgan fingerprint density at radius 1 is 0.697 bits per heavy atom. The molecule has 33 heavy (non-hydrogen) atoms. The minimum absolute atomic E-state index is 0. The van der Waals surface area contributed by atoms with Crippen molar-refractivity contribution in [2.75, 3.05) is 11.5 Å². The number of hydrogen-bond acceptors (Lipinski definition) is 12. The molecule has 4 N–H and O–H groups in total. The third kappa shape index (κ3) is 14.6. The second-order valence-corrected chi connectivity index (χ2v) is 6.02. The molecule has 0 aliphatic heterocycles. The number of nitrogen functional groups attached to an aromatic ring is 2. The maximum atomic E-state index is 8.25. The van der Waals surface area contributed by atoms with E-state index in [-0.39, 0.29) is 19.5 Å². The van der Waals surface area contributed by atoms with Gasteiger partial charge in [0, 0.05) is 25.8 Å². The van der Waals surface area contributed by atoms with Crippen molar-refractivity contribution in [1.29, 1.82) is 0 Å². The van der Waals surface area contributed by atoms with Gasteiger partial charge in [0.1, 0.15) is 11.6 Å². The number of pyridine rings is 3. The predicted octanol–water partition coefficient (Wildman–Crippen LogP) is 1.76. The summed E-state index contributed by atoms with van der Waals surface area (Å²) in [4.78, 5) is 31.9. The predicted molar refractivity (Wildman–Crippen MR) is 115 cm³/mol. The van der Waals surface area contributed by atoms with Crippen molar-refractivity contribution in [3.8, 4) is 0 Å². The van der Waals surface area contributed by atoms with E-state index >= 15 is 0 Å². The van der Waals surface area contributed by atoms with Crippen LogP contribution in [0.15, 0.2) is 60.8 Å².